The van der Waals surface area contributed by atoms with Gasteiger partial charge in [-0.25, -0.2) is 26.3 Å². The largest absolute Gasteiger partial charge is 0.326 e. The number of quaternary nitrogens is 2. The Bertz CT molecular complexity index is 1030. The van der Waals surface area contributed by atoms with Gasteiger partial charge in [-0.1, -0.05) is 23.2 Å². The lowest BCUT2D eigenvalue weighted by Gasteiger charge is -2.29. The fraction of sp³-hybridized carbons (Fsp3) is 0.455. The van der Waals surface area contributed by atoms with Gasteiger partial charge in [0.05, 0.1) is 22.9 Å². The highest BCUT2D eigenvalue weighted by Crippen LogP contribution is 2.14. The van der Waals surface area contributed by atoms with Gasteiger partial charge in [0, 0.05) is 36.0 Å². The third-order valence-electron chi connectivity index (χ3n) is 5.91. The summed E-state index contributed by atoms with van der Waals surface area (Å²) in [5, 5.41) is 1.01. The van der Waals surface area contributed by atoms with Crippen molar-refractivity contribution < 1.29 is 26.6 Å². The number of hydrogen-bond donors (Lipinski definition) is 4. The van der Waals surface area contributed by atoms with Crippen LogP contribution < -0.4 is 19.2 Å². The predicted molar refractivity (Wildman–Crippen MR) is 134 cm³/mol. The van der Waals surface area contributed by atoms with Crippen molar-refractivity contribution in [3.8, 4) is 0 Å². The second-order valence-electron chi connectivity index (χ2n) is 8.41. The second-order valence-corrected chi connectivity index (χ2v) is 12.8. The zero-order valence-electron chi connectivity index (χ0n) is 18.9. The molecular weight excluding hydrogens is 519 g/mol. The molecule has 2 aromatic carbocycles. The highest BCUT2D eigenvalue weighted by molar-refractivity contribution is 7.89. The molecule has 1 fully saturated rings. The zero-order valence-corrected chi connectivity index (χ0v) is 22.0. The van der Waals surface area contributed by atoms with Gasteiger partial charge in [-0.05, 0) is 48.5 Å². The molecule has 188 valence electrons. The number of sulfonamides is 2. The Labute approximate surface area is 212 Å². The number of hydrogen-bond acceptors (Lipinski definition) is 4. The van der Waals surface area contributed by atoms with E-state index in [0.717, 1.165) is 52.1 Å². The Morgan fingerprint density at radius 2 is 0.941 bits per heavy atom. The molecule has 0 aliphatic carbocycles. The summed E-state index contributed by atoms with van der Waals surface area (Å²) < 4.78 is 54.5. The summed E-state index contributed by atoms with van der Waals surface area (Å²) in [6.45, 7) is 6.73. The average Bonchev–Trinajstić information content (AvgIpc) is 2.81. The molecule has 0 spiro atoms. The minimum absolute atomic E-state index is 0.219. The van der Waals surface area contributed by atoms with Crippen LogP contribution in [0.1, 0.15) is 12.8 Å². The van der Waals surface area contributed by atoms with E-state index in [9.17, 15) is 16.8 Å². The number of benzene rings is 2. The maximum absolute atomic E-state index is 12.3. The van der Waals surface area contributed by atoms with E-state index in [0.29, 0.717) is 23.1 Å². The van der Waals surface area contributed by atoms with Crippen LogP contribution in [0.5, 0.6) is 0 Å². The van der Waals surface area contributed by atoms with Crippen molar-refractivity contribution in [1.29, 1.82) is 0 Å². The average molecular weight is 552 g/mol. The summed E-state index contributed by atoms with van der Waals surface area (Å²) in [6.07, 6.45) is 1.54. The van der Waals surface area contributed by atoms with Gasteiger partial charge in [0.2, 0.25) is 20.0 Å². The lowest BCUT2D eigenvalue weighted by molar-refractivity contribution is -1.01. The van der Waals surface area contributed by atoms with Crippen molar-refractivity contribution in [2.24, 2.45) is 0 Å². The van der Waals surface area contributed by atoms with Crippen molar-refractivity contribution in [3.63, 3.8) is 0 Å². The smallest absolute Gasteiger partial charge is 0.240 e. The predicted octanol–water partition coefficient (Wildman–Crippen LogP) is -0.186. The zero-order chi connectivity index (χ0) is 24.6. The van der Waals surface area contributed by atoms with Gasteiger partial charge in [0.15, 0.2) is 0 Å². The Kier molecular flexibility index (Phi) is 10.2. The highest BCUT2D eigenvalue weighted by atomic mass is 35.5. The van der Waals surface area contributed by atoms with Gasteiger partial charge < -0.3 is 9.80 Å². The molecule has 0 bridgehead atoms. The van der Waals surface area contributed by atoms with E-state index in [1.54, 1.807) is 24.3 Å². The van der Waals surface area contributed by atoms with Crippen LogP contribution in [-0.2, 0) is 20.0 Å². The fourth-order valence-electron chi connectivity index (χ4n) is 3.94. The van der Waals surface area contributed by atoms with Crippen molar-refractivity contribution in [1.82, 2.24) is 9.44 Å². The van der Waals surface area contributed by atoms with E-state index in [1.807, 2.05) is 0 Å². The molecule has 2 aromatic rings. The van der Waals surface area contributed by atoms with E-state index in [1.165, 1.54) is 34.1 Å². The van der Waals surface area contributed by atoms with Crippen LogP contribution in [-0.4, -0.2) is 69.2 Å². The Morgan fingerprint density at radius 3 is 1.26 bits per heavy atom. The van der Waals surface area contributed by atoms with Gasteiger partial charge in [-0.15, -0.1) is 0 Å². The summed E-state index contributed by atoms with van der Waals surface area (Å²) in [5.41, 5.74) is 0. The van der Waals surface area contributed by atoms with Gasteiger partial charge in [-0.3, -0.25) is 0 Å². The normalized spacial score (nSPS) is 19.2. The molecule has 4 N–H and O–H groups in total. The first kappa shape index (κ1) is 27.3. The summed E-state index contributed by atoms with van der Waals surface area (Å²) in [4.78, 5) is 3.38. The molecule has 0 aromatic heterocycles. The molecule has 0 radical (unpaired) electrons. The monoisotopic (exact) mass is 550 g/mol. The fourth-order valence-corrected chi connectivity index (χ4v) is 6.34. The molecule has 0 atom stereocenters. The molecule has 1 heterocycles. The van der Waals surface area contributed by atoms with Crippen LogP contribution in [0, 0.1) is 0 Å². The van der Waals surface area contributed by atoms with Crippen molar-refractivity contribution in [3.05, 3.63) is 58.6 Å². The Balaban J connectivity index is 1.28. The maximum atomic E-state index is 12.3. The molecule has 12 heteroatoms. The number of halogens is 2. The summed E-state index contributed by atoms with van der Waals surface area (Å²) in [6, 6.07) is 12.3. The van der Waals surface area contributed by atoms with Crippen LogP contribution in [0.2, 0.25) is 10.0 Å². The first-order valence-corrected chi connectivity index (χ1v) is 15.1. The van der Waals surface area contributed by atoms with Gasteiger partial charge in [0.1, 0.15) is 26.2 Å². The molecule has 34 heavy (non-hydrogen) atoms. The first-order chi connectivity index (χ1) is 16.2. The molecule has 0 unspecified atom stereocenters. The molecule has 1 aliphatic heterocycles. The quantitative estimate of drug-likeness (QED) is 0.275. The van der Waals surface area contributed by atoms with Crippen LogP contribution in [0.3, 0.4) is 0 Å². The van der Waals surface area contributed by atoms with Crippen LogP contribution >= 0.6 is 23.2 Å². The molecule has 1 saturated heterocycles. The van der Waals surface area contributed by atoms with E-state index in [-0.39, 0.29) is 9.79 Å². The minimum Gasteiger partial charge on any atom is -0.326 e. The number of rotatable bonds is 12. The summed E-state index contributed by atoms with van der Waals surface area (Å²) >= 11 is 11.6. The van der Waals surface area contributed by atoms with Crippen molar-refractivity contribution in [2.75, 3.05) is 52.4 Å². The Hall–Kier alpha value is -1.24. The SMILES string of the molecule is O=S(=O)(NCCC[NH+]1CC[NH+](CCCNS(=O)(=O)c2ccc(Cl)cc2)CC1)c1ccc(Cl)cc1. The number of nitrogens with one attached hydrogen (secondary N) is 4. The third-order valence-corrected chi connectivity index (χ3v) is 9.37. The lowest BCUT2D eigenvalue weighted by Crippen LogP contribution is -3.28. The van der Waals surface area contributed by atoms with E-state index in [2.05, 4.69) is 9.44 Å². The molecule has 1 aliphatic rings. The van der Waals surface area contributed by atoms with E-state index in [4.69, 9.17) is 23.2 Å². The van der Waals surface area contributed by atoms with Crippen LogP contribution in [0.15, 0.2) is 58.3 Å². The maximum Gasteiger partial charge on any atom is 0.240 e. The second kappa shape index (κ2) is 12.6. The summed E-state index contributed by atoms with van der Waals surface area (Å²) in [7, 11) is -7.02. The number of piperazine rings is 1. The molecular formula is C22H32Cl2N4O4S2+2. The molecule has 8 nitrogen and oxygen atoms in total. The third kappa shape index (κ3) is 8.46. The van der Waals surface area contributed by atoms with Crippen molar-refractivity contribution >= 4 is 43.2 Å². The topological polar surface area (TPSA) is 101 Å². The van der Waals surface area contributed by atoms with Crippen LogP contribution in [0.4, 0.5) is 0 Å². The standard InChI is InChI=1S/C22H30Cl2N4O4S2/c23-19-3-7-21(8-4-19)33(29,30)25-11-1-13-27-15-17-28(18-16-27)14-2-12-26-34(31,32)22-9-5-20(24)6-10-22/h3-10,25-26H,1-2,11-18H2/p+2. The Morgan fingerprint density at radius 1 is 0.618 bits per heavy atom. The molecule has 0 amide bonds. The lowest BCUT2D eigenvalue weighted by atomic mass is 10.2. The van der Waals surface area contributed by atoms with Gasteiger partial charge in [-0.2, -0.15) is 0 Å². The summed E-state index contributed by atoms with van der Waals surface area (Å²) in [5.74, 6) is 0. The van der Waals surface area contributed by atoms with Gasteiger partial charge in [0.25, 0.3) is 0 Å². The van der Waals surface area contributed by atoms with Crippen molar-refractivity contribution in [2.45, 2.75) is 22.6 Å². The van der Waals surface area contributed by atoms with E-state index < -0.39 is 20.0 Å². The first-order valence-electron chi connectivity index (χ1n) is 11.3. The van der Waals surface area contributed by atoms with E-state index >= 15 is 0 Å². The molecule has 3 rings (SSSR count). The molecule has 0 saturated carbocycles. The minimum atomic E-state index is -3.51. The van der Waals surface area contributed by atoms with Gasteiger partial charge >= 0.3 is 0 Å². The van der Waals surface area contributed by atoms with Crippen LogP contribution in [0.25, 0.3) is 0 Å². The highest BCUT2D eigenvalue weighted by Gasteiger charge is 2.23.